The first-order valence-electron chi connectivity index (χ1n) is 8.31. The fourth-order valence-corrected chi connectivity index (χ4v) is 3.04. The molecule has 1 aromatic carbocycles. The SMILES string of the molecule is CCC(=O)Nc1cccc(C(=O)N2CCC[C@H]2c2ccccn2)c1. The Bertz CT molecular complexity index is 730. The van der Waals surface area contributed by atoms with E-state index in [1.165, 1.54) is 0 Å². The van der Waals surface area contributed by atoms with Gasteiger partial charge in [0.05, 0.1) is 11.7 Å². The molecule has 1 aliphatic rings. The van der Waals surface area contributed by atoms with Crippen LogP contribution in [0, 0.1) is 0 Å². The van der Waals surface area contributed by atoms with E-state index in [0.29, 0.717) is 17.7 Å². The number of carbonyl (C=O) groups excluding carboxylic acids is 2. The van der Waals surface area contributed by atoms with E-state index in [4.69, 9.17) is 0 Å². The second kappa shape index (κ2) is 7.25. The van der Waals surface area contributed by atoms with Gasteiger partial charge in [0, 0.05) is 30.4 Å². The third kappa shape index (κ3) is 3.45. The van der Waals surface area contributed by atoms with E-state index in [2.05, 4.69) is 10.3 Å². The van der Waals surface area contributed by atoms with Crippen LogP contribution in [-0.2, 0) is 4.79 Å². The normalized spacial score (nSPS) is 16.9. The maximum Gasteiger partial charge on any atom is 0.254 e. The van der Waals surface area contributed by atoms with Crippen LogP contribution in [0.5, 0.6) is 0 Å². The molecule has 24 heavy (non-hydrogen) atoms. The van der Waals surface area contributed by atoms with Crippen LogP contribution in [0.4, 0.5) is 5.69 Å². The van der Waals surface area contributed by atoms with Gasteiger partial charge in [-0.1, -0.05) is 19.1 Å². The summed E-state index contributed by atoms with van der Waals surface area (Å²) < 4.78 is 0. The Morgan fingerprint density at radius 2 is 2.12 bits per heavy atom. The lowest BCUT2D eigenvalue weighted by atomic mass is 10.1. The first-order valence-corrected chi connectivity index (χ1v) is 8.31. The van der Waals surface area contributed by atoms with Gasteiger partial charge in [-0.25, -0.2) is 0 Å². The summed E-state index contributed by atoms with van der Waals surface area (Å²) in [5.74, 6) is -0.0807. The molecule has 5 nitrogen and oxygen atoms in total. The molecule has 1 aliphatic heterocycles. The highest BCUT2D eigenvalue weighted by Gasteiger charge is 2.31. The minimum Gasteiger partial charge on any atom is -0.330 e. The topological polar surface area (TPSA) is 62.3 Å². The molecule has 5 heteroatoms. The number of aromatic nitrogens is 1. The molecule has 2 amide bonds. The highest BCUT2D eigenvalue weighted by atomic mass is 16.2. The molecule has 0 spiro atoms. The molecule has 124 valence electrons. The second-order valence-electron chi connectivity index (χ2n) is 5.89. The molecule has 1 saturated heterocycles. The largest absolute Gasteiger partial charge is 0.330 e. The number of nitrogens with one attached hydrogen (secondary N) is 1. The number of likely N-dealkylation sites (tertiary alicyclic amines) is 1. The van der Waals surface area contributed by atoms with Gasteiger partial charge in [-0.05, 0) is 43.2 Å². The van der Waals surface area contributed by atoms with Gasteiger partial charge in [0.25, 0.3) is 5.91 Å². The Labute approximate surface area is 141 Å². The Hall–Kier alpha value is -2.69. The summed E-state index contributed by atoms with van der Waals surface area (Å²) in [7, 11) is 0. The zero-order chi connectivity index (χ0) is 16.9. The van der Waals surface area contributed by atoms with Gasteiger partial charge in [-0.15, -0.1) is 0 Å². The van der Waals surface area contributed by atoms with Crippen molar-refractivity contribution in [2.24, 2.45) is 0 Å². The van der Waals surface area contributed by atoms with E-state index in [0.717, 1.165) is 25.1 Å². The summed E-state index contributed by atoms with van der Waals surface area (Å²) in [5.41, 5.74) is 2.17. The summed E-state index contributed by atoms with van der Waals surface area (Å²) in [6.07, 6.45) is 4.07. The number of amides is 2. The van der Waals surface area contributed by atoms with Crippen LogP contribution in [0.3, 0.4) is 0 Å². The number of hydrogen-bond acceptors (Lipinski definition) is 3. The molecular formula is C19H21N3O2. The Morgan fingerprint density at radius 3 is 2.88 bits per heavy atom. The molecule has 0 aliphatic carbocycles. The minimum absolute atomic E-state index is 0.0178. The Morgan fingerprint density at radius 1 is 1.25 bits per heavy atom. The third-order valence-electron chi connectivity index (χ3n) is 4.26. The summed E-state index contributed by atoms with van der Waals surface area (Å²) >= 11 is 0. The van der Waals surface area contributed by atoms with E-state index in [1.807, 2.05) is 23.1 Å². The fraction of sp³-hybridized carbons (Fsp3) is 0.316. The van der Waals surface area contributed by atoms with Crippen molar-refractivity contribution >= 4 is 17.5 Å². The zero-order valence-corrected chi connectivity index (χ0v) is 13.7. The predicted molar refractivity (Wildman–Crippen MR) is 92.6 cm³/mol. The van der Waals surface area contributed by atoms with Gasteiger partial charge in [-0.3, -0.25) is 14.6 Å². The van der Waals surface area contributed by atoms with Crippen LogP contribution >= 0.6 is 0 Å². The lowest BCUT2D eigenvalue weighted by Crippen LogP contribution is -2.31. The van der Waals surface area contributed by atoms with Gasteiger partial charge >= 0.3 is 0 Å². The molecular weight excluding hydrogens is 302 g/mol. The smallest absolute Gasteiger partial charge is 0.254 e. The van der Waals surface area contributed by atoms with Crippen LogP contribution in [0.25, 0.3) is 0 Å². The van der Waals surface area contributed by atoms with Crippen LogP contribution in [-0.4, -0.2) is 28.2 Å². The van der Waals surface area contributed by atoms with E-state index in [-0.39, 0.29) is 17.9 Å². The summed E-state index contributed by atoms with van der Waals surface area (Å²) in [6, 6.07) is 12.9. The molecule has 0 radical (unpaired) electrons. The quantitative estimate of drug-likeness (QED) is 0.938. The van der Waals surface area contributed by atoms with Gasteiger partial charge in [0.1, 0.15) is 0 Å². The molecule has 2 heterocycles. The second-order valence-corrected chi connectivity index (χ2v) is 5.89. The number of rotatable bonds is 4. The van der Waals surface area contributed by atoms with Crippen LogP contribution in [0.15, 0.2) is 48.7 Å². The molecule has 0 bridgehead atoms. The highest BCUT2D eigenvalue weighted by Crippen LogP contribution is 2.32. The lowest BCUT2D eigenvalue weighted by Gasteiger charge is -2.24. The molecule has 0 unspecified atom stereocenters. The van der Waals surface area contributed by atoms with Crippen LogP contribution in [0.2, 0.25) is 0 Å². The van der Waals surface area contributed by atoms with Crippen molar-refractivity contribution in [3.8, 4) is 0 Å². The van der Waals surface area contributed by atoms with Crippen LogP contribution in [0.1, 0.15) is 48.3 Å². The Kier molecular flexibility index (Phi) is 4.89. The highest BCUT2D eigenvalue weighted by molar-refractivity contribution is 5.97. The van der Waals surface area contributed by atoms with Crippen molar-refractivity contribution in [1.29, 1.82) is 0 Å². The molecule has 3 rings (SSSR count). The molecule has 1 aromatic heterocycles. The Balaban J connectivity index is 1.80. The van der Waals surface area contributed by atoms with Crippen molar-refractivity contribution in [3.63, 3.8) is 0 Å². The average Bonchev–Trinajstić information content (AvgIpc) is 3.11. The van der Waals surface area contributed by atoms with Crippen molar-refractivity contribution in [3.05, 3.63) is 59.9 Å². The number of carbonyl (C=O) groups is 2. The maximum atomic E-state index is 12.9. The number of benzene rings is 1. The summed E-state index contributed by atoms with van der Waals surface area (Å²) in [5, 5.41) is 2.80. The molecule has 1 N–H and O–H groups in total. The molecule has 1 atom stereocenters. The van der Waals surface area contributed by atoms with Gasteiger partial charge in [0.2, 0.25) is 5.91 Å². The average molecular weight is 323 g/mol. The number of hydrogen-bond donors (Lipinski definition) is 1. The summed E-state index contributed by atoms with van der Waals surface area (Å²) in [4.78, 5) is 30.7. The number of nitrogens with zero attached hydrogens (tertiary/aromatic N) is 2. The molecule has 1 fully saturated rings. The zero-order valence-electron chi connectivity index (χ0n) is 13.7. The molecule has 0 saturated carbocycles. The third-order valence-corrected chi connectivity index (χ3v) is 4.26. The minimum atomic E-state index is -0.0628. The number of pyridine rings is 1. The van der Waals surface area contributed by atoms with E-state index < -0.39 is 0 Å². The first kappa shape index (κ1) is 16.2. The van der Waals surface area contributed by atoms with E-state index in [1.54, 1.807) is 37.4 Å². The van der Waals surface area contributed by atoms with Gasteiger partial charge < -0.3 is 10.2 Å². The van der Waals surface area contributed by atoms with Gasteiger partial charge in [-0.2, -0.15) is 0 Å². The monoisotopic (exact) mass is 323 g/mol. The van der Waals surface area contributed by atoms with Crippen LogP contribution < -0.4 is 5.32 Å². The lowest BCUT2D eigenvalue weighted by molar-refractivity contribution is -0.115. The van der Waals surface area contributed by atoms with Crippen molar-refractivity contribution < 1.29 is 9.59 Å². The van der Waals surface area contributed by atoms with Crippen molar-refractivity contribution in [2.75, 3.05) is 11.9 Å². The maximum absolute atomic E-state index is 12.9. The van der Waals surface area contributed by atoms with E-state index in [9.17, 15) is 9.59 Å². The summed E-state index contributed by atoms with van der Waals surface area (Å²) in [6.45, 7) is 2.53. The fourth-order valence-electron chi connectivity index (χ4n) is 3.04. The predicted octanol–water partition coefficient (Wildman–Crippen LogP) is 3.41. The van der Waals surface area contributed by atoms with Crippen molar-refractivity contribution in [2.45, 2.75) is 32.2 Å². The first-order chi connectivity index (χ1) is 11.7. The van der Waals surface area contributed by atoms with Crippen molar-refractivity contribution in [1.82, 2.24) is 9.88 Å². The van der Waals surface area contributed by atoms with E-state index >= 15 is 0 Å². The number of anilines is 1. The van der Waals surface area contributed by atoms with Gasteiger partial charge in [0.15, 0.2) is 0 Å². The molecule has 2 aromatic rings. The standard InChI is InChI=1S/C19H21N3O2/c1-2-18(23)21-15-8-5-7-14(13-15)19(24)22-12-6-10-17(22)16-9-3-4-11-20-16/h3-5,7-9,11,13,17H,2,6,10,12H2,1H3,(H,21,23)/t17-/m0/s1.